The second kappa shape index (κ2) is 6.37. The van der Waals surface area contributed by atoms with Crippen molar-refractivity contribution in [3.63, 3.8) is 0 Å². The van der Waals surface area contributed by atoms with E-state index in [4.69, 9.17) is 0 Å². The van der Waals surface area contributed by atoms with Gasteiger partial charge in [-0.2, -0.15) is 0 Å². The number of amides is 3. The number of piperidine rings is 1. The van der Waals surface area contributed by atoms with Crippen LogP contribution >= 0.6 is 0 Å². The summed E-state index contributed by atoms with van der Waals surface area (Å²) in [5.41, 5.74) is 3.84. The van der Waals surface area contributed by atoms with Crippen LogP contribution in [0.25, 0.3) is 0 Å². The molecule has 158 valence electrons. The Morgan fingerprint density at radius 2 is 1.83 bits per heavy atom. The maximum atomic E-state index is 13.1. The molecule has 4 fully saturated rings. The maximum absolute atomic E-state index is 13.1. The molecule has 1 aromatic carbocycles. The minimum absolute atomic E-state index is 0.0853. The highest BCUT2D eigenvalue weighted by atomic mass is 16.2. The van der Waals surface area contributed by atoms with Crippen molar-refractivity contribution in [2.24, 2.45) is 10.8 Å². The summed E-state index contributed by atoms with van der Waals surface area (Å²) in [6.45, 7) is 5.87. The zero-order valence-corrected chi connectivity index (χ0v) is 17.2. The molecule has 1 aromatic rings. The van der Waals surface area contributed by atoms with Crippen LogP contribution in [0.1, 0.15) is 53.6 Å². The van der Waals surface area contributed by atoms with Gasteiger partial charge in [0.15, 0.2) is 0 Å². The molecule has 4 heterocycles. The van der Waals surface area contributed by atoms with E-state index in [9.17, 15) is 14.4 Å². The first kappa shape index (κ1) is 18.5. The number of benzene rings is 1. The van der Waals surface area contributed by atoms with Crippen molar-refractivity contribution in [3.8, 4) is 0 Å². The van der Waals surface area contributed by atoms with E-state index in [0.29, 0.717) is 23.8 Å². The standard InChI is InChI=1S/C23H28N4O3/c28-19-6-5-18(20(29)25-19)27-10-17-15(3-1-4-16(17)21(27)30)9-26-13-22-7-2-8-23(22,14-26)12-24-11-22/h1,3-4,18,24H,2,5-14H2,(H,25,28,29). The van der Waals surface area contributed by atoms with Crippen molar-refractivity contribution in [2.45, 2.75) is 51.2 Å². The molecule has 3 unspecified atom stereocenters. The summed E-state index contributed by atoms with van der Waals surface area (Å²) in [7, 11) is 0. The average Bonchev–Trinajstić information content (AvgIpc) is 3.37. The molecule has 7 heteroatoms. The monoisotopic (exact) mass is 408 g/mol. The minimum atomic E-state index is -0.551. The van der Waals surface area contributed by atoms with E-state index in [1.165, 1.54) is 24.8 Å². The Balaban J connectivity index is 1.23. The predicted molar refractivity (Wildman–Crippen MR) is 109 cm³/mol. The Bertz CT molecular complexity index is 928. The second-order valence-corrected chi connectivity index (χ2v) is 10.0. The van der Waals surface area contributed by atoms with E-state index in [2.05, 4.69) is 21.6 Å². The maximum Gasteiger partial charge on any atom is 0.255 e. The van der Waals surface area contributed by atoms with Gasteiger partial charge >= 0.3 is 0 Å². The van der Waals surface area contributed by atoms with E-state index in [-0.39, 0.29) is 24.1 Å². The Kier molecular flexibility index (Phi) is 3.93. The molecule has 4 aliphatic heterocycles. The highest BCUT2D eigenvalue weighted by Crippen LogP contribution is 2.59. The number of nitrogens with one attached hydrogen (secondary N) is 2. The third-order valence-corrected chi connectivity index (χ3v) is 8.49. The quantitative estimate of drug-likeness (QED) is 0.730. The second-order valence-electron chi connectivity index (χ2n) is 10.0. The topological polar surface area (TPSA) is 81.8 Å². The first-order valence-electron chi connectivity index (χ1n) is 11.2. The van der Waals surface area contributed by atoms with Gasteiger partial charge in [-0.05, 0) is 36.5 Å². The molecule has 0 bridgehead atoms. The lowest BCUT2D eigenvalue weighted by molar-refractivity contribution is -0.136. The van der Waals surface area contributed by atoms with Gasteiger partial charge in [0.05, 0.1) is 0 Å². The van der Waals surface area contributed by atoms with E-state index >= 15 is 0 Å². The Hall–Kier alpha value is -2.25. The van der Waals surface area contributed by atoms with Crippen molar-refractivity contribution < 1.29 is 14.4 Å². The van der Waals surface area contributed by atoms with Crippen LogP contribution in [-0.4, -0.2) is 59.7 Å². The van der Waals surface area contributed by atoms with Gasteiger partial charge < -0.3 is 10.2 Å². The molecular formula is C23H28N4O3. The Labute approximate surface area is 176 Å². The van der Waals surface area contributed by atoms with Gasteiger partial charge in [-0.3, -0.25) is 24.6 Å². The number of fused-ring (bicyclic) bond motifs is 1. The van der Waals surface area contributed by atoms with Gasteiger partial charge in [0.25, 0.3) is 5.91 Å². The number of rotatable bonds is 3. The van der Waals surface area contributed by atoms with Crippen LogP contribution in [0.5, 0.6) is 0 Å². The van der Waals surface area contributed by atoms with Crippen molar-refractivity contribution in [3.05, 3.63) is 34.9 Å². The summed E-state index contributed by atoms with van der Waals surface area (Å²) in [6.07, 6.45) is 4.70. The van der Waals surface area contributed by atoms with Crippen molar-refractivity contribution in [1.29, 1.82) is 0 Å². The van der Waals surface area contributed by atoms with Gasteiger partial charge in [-0.1, -0.05) is 18.6 Å². The van der Waals surface area contributed by atoms with Crippen LogP contribution in [0.4, 0.5) is 0 Å². The third-order valence-electron chi connectivity index (χ3n) is 8.49. The molecule has 3 atom stereocenters. The lowest BCUT2D eigenvalue weighted by atomic mass is 9.71. The fourth-order valence-electron chi connectivity index (χ4n) is 7.06. The number of carbonyl (C=O) groups excluding carboxylic acids is 3. The van der Waals surface area contributed by atoms with Crippen LogP contribution in [0.2, 0.25) is 0 Å². The summed E-state index contributed by atoms with van der Waals surface area (Å²) in [4.78, 5) is 41.2. The molecule has 3 amide bonds. The molecule has 3 saturated heterocycles. The Morgan fingerprint density at radius 3 is 2.57 bits per heavy atom. The fraction of sp³-hybridized carbons (Fsp3) is 0.609. The number of hydrogen-bond acceptors (Lipinski definition) is 5. The molecule has 1 aliphatic carbocycles. The third kappa shape index (κ3) is 2.48. The normalized spacial score (nSPS) is 35.5. The molecule has 0 aromatic heterocycles. The van der Waals surface area contributed by atoms with Gasteiger partial charge in [0.2, 0.25) is 11.8 Å². The largest absolute Gasteiger partial charge is 0.322 e. The molecule has 5 aliphatic rings. The van der Waals surface area contributed by atoms with Gasteiger partial charge in [0, 0.05) is 62.1 Å². The molecule has 2 N–H and O–H groups in total. The smallest absolute Gasteiger partial charge is 0.255 e. The van der Waals surface area contributed by atoms with Crippen LogP contribution in [-0.2, 0) is 22.7 Å². The minimum Gasteiger partial charge on any atom is -0.322 e. The molecule has 7 nitrogen and oxygen atoms in total. The molecule has 0 radical (unpaired) electrons. The summed E-state index contributed by atoms with van der Waals surface area (Å²) < 4.78 is 0. The lowest BCUT2D eigenvalue weighted by Crippen LogP contribution is -2.52. The summed E-state index contributed by atoms with van der Waals surface area (Å²) >= 11 is 0. The number of carbonyl (C=O) groups is 3. The molecular weight excluding hydrogens is 380 g/mol. The van der Waals surface area contributed by atoms with Crippen LogP contribution < -0.4 is 10.6 Å². The lowest BCUT2D eigenvalue weighted by Gasteiger charge is -2.30. The number of imide groups is 1. The summed E-state index contributed by atoms with van der Waals surface area (Å²) in [5.74, 6) is -0.683. The van der Waals surface area contributed by atoms with Crippen molar-refractivity contribution >= 4 is 17.7 Å². The number of likely N-dealkylation sites (tertiary alicyclic amines) is 1. The van der Waals surface area contributed by atoms with E-state index in [1.807, 2.05) is 12.1 Å². The fourth-order valence-corrected chi connectivity index (χ4v) is 7.06. The van der Waals surface area contributed by atoms with Gasteiger partial charge in [0.1, 0.15) is 6.04 Å². The highest BCUT2D eigenvalue weighted by molar-refractivity contribution is 6.05. The zero-order chi connectivity index (χ0) is 20.5. The van der Waals surface area contributed by atoms with Gasteiger partial charge in [-0.25, -0.2) is 0 Å². The van der Waals surface area contributed by atoms with Crippen molar-refractivity contribution in [2.75, 3.05) is 26.2 Å². The van der Waals surface area contributed by atoms with Gasteiger partial charge in [-0.15, -0.1) is 0 Å². The molecule has 0 spiro atoms. The summed E-state index contributed by atoms with van der Waals surface area (Å²) in [5, 5.41) is 6.03. The summed E-state index contributed by atoms with van der Waals surface area (Å²) in [6, 6.07) is 5.43. The first-order chi connectivity index (χ1) is 14.5. The molecule has 30 heavy (non-hydrogen) atoms. The van der Waals surface area contributed by atoms with Crippen molar-refractivity contribution in [1.82, 2.24) is 20.4 Å². The first-order valence-corrected chi connectivity index (χ1v) is 11.2. The average molecular weight is 409 g/mol. The Morgan fingerprint density at radius 1 is 1.07 bits per heavy atom. The van der Waals surface area contributed by atoms with Crippen LogP contribution in [0.15, 0.2) is 18.2 Å². The van der Waals surface area contributed by atoms with Crippen LogP contribution in [0, 0.1) is 10.8 Å². The predicted octanol–water partition coefficient (Wildman–Crippen LogP) is 1.02. The van der Waals surface area contributed by atoms with Crippen LogP contribution in [0.3, 0.4) is 0 Å². The van der Waals surface area contributed by atoms with E-state index in [1.54, 1.807) is 4.90 Å². The molecule has 1 saturated carbocycles. The molecule has 6 rings (SSSR count). The van der Waals surface area contributed by atoms with E-state index in [0.717, 1.165) is 43.9 Å². The zero-order valence-electron chi connectivity index (χ0n) is 17.2. The van der Waals surface area contributed by atoms with E-state index < -0.39 is 6.04 Å². The number of hydrogen-bond donors (Lipinski definition) is 2. The highest BCUT2D eigenvalue weighted by Gasteiger charge is 2.62. The SMILES string of the molecule is O=C1CCC(N2Cc3c(CN4CC56CCCC5(CNC6)C4)cccc3C2=O)C(=O)N1. The number of nitrogens with zero attached hydrogens (tertiary/aromatic N) is 2.